The standard InChI is InChI=1S/2C11H10N4.2C10H9N3.2C9H8N2.3C2H3F3.3CH3NO2/c2*12-8-7(6-4-2-1-3-5-6)9(13)11(15)10(8)14;2*11-8-7(9(12)10(8)13)6-4-2-1-3-5-6;2*10-8-7(9(8)11)6-4-2-1-3-5-6;3*1-2(3,4)5;3*1-2(3)4/h2*1-5,12,14-15H,13H2;2*1-5,11,13H,12H2;2*1-5,10H,11H2;3*1H3;3*1H3. The smallest absolute Gasteiger partial charge is 0.386 e. The number of hydrogen-bond donors (Lipinski definition) is 18. The van der Waals surface area contributed by atoms with Crippen molar-refractivity contribution in [2.45, 2.75) is 39.3 Å². The molecule has 36 heteroatoms. The summed E-state index contributed by atoms with van der Waals surface area (Å²) in [5, 5.41) is 118. The van der Waals surface area contributed by atoms with Crippen molar-refractivity contribution < 1.29 is 54.3 Å². The largest absolute Gasteiger partial charge is 0.396 e. The minimum absolute atomic E-state index is 0.0312. The van der Waals surface area contributed by atoms with Crippen LogP contribution in [0.1, 0.15) is 20.8 Å². The van der Waals surface area contributed by atoms with Crippen molar-refractivity contribution in [1.29, 1.82) is 64.9 Å². The van der Waals surface area contributed by atoms with E-state index in [0.717, 1.165) is 65.7 Å². The molecule has 0 atom stereocenters. The number of nitro groups is 3. The van der Waals surface area contributed by atoms with Crippen molar-refractivity contribution in [3.05, 3.63) is 277 Å². The zero-order valence-corrected chi connectivity index (χ0v) is 56.5. The summed E-state index contributed by atoms with van der Waals surface area (Å²) < 4.78 is 93.2. The van der Waals surface area contributed by atoms with E-state index in [0.29, 0.717) is 55.7 Å². The summed E-state index contributed by atoms with van der Waals surface area (Å²) in [5.41, 5.74) is 45.9. The van der Waals surface area contributed by atoms with Crippen LogP contribution in [-0.4, -0.2) is 54.4 Å². The highest BCUT2D eigenvalue weighted by Gasteiger charge is 2.20. The first kappa shape index (κ1) is 89.2. The number of benzene rings is 6. The van der Waals surface area contributed by atoms with E-state index in [1.165, 1.54) is 0 Å². The van der Waals surface area contributed by atoms with Gasteiger partial charge in [0.2, 0.25) is 0 Å². The molecular formula is C69H72F9N21O6. The molecule has 12 aromatic carbocycles. The first-order chi connectivity index (χ1) is 48.5. The minimum atomic E-state index is -4.00. The minimum Gasteiger partial charge on any atom is -0.396 e. The molecule has 0 heterocycles. The number of nitrogens with zero attached hydrogens (tertiary/aromatic N) is 3. The van der Waals surface area contributed by atoms with Crippen molar-refractivity contribution in [3.63, 3.8) is 0 Å². The Bertz CT molecular complexity index is 4920. The highest BCUT2D eigenvalue weighted by Crippen LogP contribution is 2.28. The summed E-state index contributed by atoms with van der Waals surface area (Å²) in [6, 6.07) is 56.9. The van der Waals surface area contributed by atoms with Gasteiger partial charge in [0.15, 0.2) is 21.1 Å². The lowest BCUT2D eigenvalue weighted by molar-refractivity contribution is -0.445. The molecule has 0 unspecified atom stereocenters. The van der Waals surface area contributed by atoms with Crippen molar-refractivity contribution >= 4 is 34.1 Å². The summed E-state index contributed by atoms with van der Waals surface area (Å²) in [7, 11) is 2.67. The van der Waals surface area contributed by atoms with Crippen LogP contribution in [0.3, 0.4) is 0 Å². The van der Waals surface area contributed by atoms with Gasteiger partial charge in [0.25, 0.3) is 0 Å². The summed E-state index contributed by atoms with van der Waals surface area (Å²) in [5.74, 6) is 0. The lowest BCUT2D eigenvalue weighted by atomic mass is 9.98. The highest BCUT2D eigenvalue weighted by molar-refractivity contribution is 5.88. The zero-order valence-electron chi connectivity index (χ0n) is 56.5. The molecule has 24 N–H and O–H groups in total. The number of halogens is 9. The van der Waals surface area contributed by atoms with Gasteiger partial charge in [0.05, 0.1) is 66.3 Å². The second-order valence-corrected chi connectivity index (χ2v) is 21.1. The molecule has 0 spiro atoms. The van der Waals surface area contributed by atoms with Crippen molar-refractivity contribution in [3.8, 4) is 66.8 Å². The average Bonchev–Trinajstić information content (AvgIpc) is 1.76. The molecule has 0 fully saturated rings. The highest BCUT2D eigenvalue weighted by atomic mass is 19.4. The molecule has 105 heavy (non-hydrogen) atoms. The Morgan fingerprint density at radius 3 is 0.429 bits per heavy atom. The van der Waals surface area contributed by atoms with Gasteiger partial charge >= 0.3 is 18.5 Å². The fraction of sp³-hybridized carbons (Fsp3) is 0.130. The molecule has 0 radical (unpaired) electrons. The Balaban J connectivity index is 0.000000590. The van der Waals surface area contributed by atoms with Crippen LogP contribution in [0.25, 0.3) is 66.8 Å². The van der Waals surface area contributed by atoms with Gasteiger partial charge in [-0.25, -0.2) is 0 Å². The zero-order chi connectivity index (χ0) is 80.8. The average molecular weight is 1460 g/mol. The first-order valence-electron chi connectivity index (χ1n) is 29.3. The molecule has 0 aliphatic heterocycles. The predicted octanol–water partition coefficient (Wildman–Crippen LogP) is 9.01. The lowest BCUT2D eigenvalue weighted by Gasteiger charge is -2.09. The molecule has 0 saturated heterocycles. The maximum absolute atomic E-state index is 10.4. The van der Waals surface area contributed by atoms with Gasteiger partial charge in [-0.3, -0.25) is 95.3 Å². The summed E-state index contributed by atoms with van der Waals surface area (Å²) in [6.07, 6.45) is -12.0. The van der Waals surface area contributed by atoms with Gasteiger partial charge < -0.3 is 34.4 Å². The molecule has 0 aliphatic carbocycles. The fourth-order valence-corrected chi connectivity index (χ4v) is 8.03. The molecule has 0 saturated carbocycles. The van der Waals surface area contributed by atoms with E-state index in [1.807, 2.05) is 182 Å². The van der Waals surface area contributed by atoms with E-state index in [4.69, 9.17) is 130 Å². The molecule has 12 rings (SSSR count). The van der Waals surface area contributed by atoms with Crippen molar-refractivity contribution in [2.24, 2.45) is 0 Å². The Morgan fingerprint density at radius 2 is 0.333 bits per heavy atom. The lowest BCUT2D eigenvalue weighted by Crippen LogP contribution is -2.36. The molecule has 0 amide bonds. The van der Waals surface area contributed by atoms with Crippen molar-refractivity contribution in [1.82, 2.24) is 0 Å². The number of nitrogen functional groups attached to an aromatic ring is 6. The van der Waals surface area contributed by atoms with E-state index < -0.39 is 33.3 Å². The second-order valence-electron chi connectivity index (χ2n) is 21.1. The monoisotopic (exact) mass is 1460 g/mol. The van der Waals surface area contributed by atoms with E-state index in [2.05, 4.69) is 0 Å². The molecule has 27 nitrogen and oxygen atoms in total. The number of rotatable bonds is 6. The van der Waals surface area contributed by atoms with Crippen LogP contribution in [0.2, 0.25) is 0 Å². The normalized spacial score (nSPS) is 10.2. The molecule has 0 bridgehead atoms. The molecule has 0 aliphatic rings. The second kappa shape index (κ2) is 40.4. The molecule has 552 valence electrons. The Morgan fingerprint density at radius 1 is 0.238 bits per heavy atom. The van der Waals surface area contributed by atoms with Gasteiger partial charge in [-0.2, -0.15) is 39.5 Å². The fourth-order valence-electron chi connectivity index (χ4n) is 8.03. The predicted molar refractivity (Wildman–Crippen MR) is 376 cm³/mol. The Labute approximate surface area is 589 Å². The van der Waals surface area contributed by atoms with Gasteiger partial charge in [-0.15, -0.1) is 0 Å². The van der Waals surface area contributed by atoms with Gasteiger partial charge in [0.1, 0.15) is 32.1 Å². The Kier molecular flexibility index (Phi) is 34.3. The van der Waals surface area contributed by atoms with Crippen molar-refractivity contribution in [2.75, 3.05) is 55.5 Å². The third-order valence-electron chi connectivity index (χ3n) is 12.5. The van der Waals surface area contributed by atoms with Crippen LogP contribution in [0.15, 0.2) is 182 Å². The maximum Gasteiger partial charge on any atom is 0.386 e. The topological polar surface area (TPSA) is 572 Å². The summed E-state index contributed by atoms with van der Waals surface area (Å²) >= 11 is 0. The number of hydrogen-bond acceptors (Lipinski definition) is 24. The number of alkyl halides is 9. The summed E-state index contributed by atoms with van der Waals surface area (Å²) in [4.78, 5) is 24.9. The van der Waals surface area contributed by atoms with Crippen LogP contribution in [0, 0.1) is 95.3 Å². The van der Waals surface area contributed by atoms with E-state index in [-0.39, 0.29) is 85.7 Å². The van der Waals surface area contributed by atoms with Gasteiger partial charge in [-0.05, 0) is 33.4 Å². The maximum atomic E-state index is 10.4. The number of nitrogens with two attached hydrogens (primary N) is 6. The quantitative estimate of drug-likeness (QED) is 0.0421. The molecular weight excluding hydrogens is 1390 g/mol. The van der Waals surface area contributed by atoms with Crippen LogP contribution in [0.5, 0.6) is 0 Å². The van der Waals surface area contributed by atoms with Gasteiger partial charge in [-0.1, -0.05) is 182 Å². The van der Waals surface area contributed by atoms with Crippen LogP contribution in [0.4, 0.5) is 73.6 Å². The van der Waals surface area contributed by atoms with Crippen LogP contribution >= 0.6 is 0 Å². The SMILES string of the molecule is CC(F)(F)F.CC(F)(F)F.CC(F)(F)F.C[N+](=O)[O-].C[N+](=O)[O-].C[N+](=O)[O-].N=c1c(N)c(-c2ccccc2)c(=N)c1=N.N=c1c(N)c(-c2ccccc2)c(=N)c1=N.N=c1c(N)c(-c2ccccc2)c1=N.N=c1c(N)c(-c2ccccc2)c1=N.N=c1c(N)c1-c1ccccc1.N=c1c(N)c1-c1ccccc1. The number of anilines is 6. The van der Waals surface area contributed by atoms with E-state index >= 15 is 0 Å². The summed E-state index contributed by atoms with van der Waals surface area (Å²) in [6.45, 7) is 0.562. The van der Waals surface area contributed by atoms with E-state index in [1.54, 1.807) is 0 Å². The van der Waals surface area contributed by atoms with Gasteiger partial charge in [0, 0.05) is 68.9 Å². The third-order valence-corrected chi connectivity index (χ3v) is 12.5. The molecule has 12 aromatic rings. The first-order valence-corrected chi connectivity index (χ1v) is 29.3. The Hall–Kier alpha value is -13.8. The van der Waals surface area contributed by atoms with E-state index in [9.17, 15) is 39.5 Å². The van der Waals surface area contributed by atoms with Crippen LogP contribution in [-0.2, 0) is 0 Å². The number of nitrogens with one attached hydrogen (secondary N) is 12. The third kappa shape index (κ3) is 31.1. The van der Waals surface area contributed by atoms with Crippen LogP contribution < -0.4 is 98.7 Å². The molecule has 0 aromatic heterocycles.